The van der Waals surface area contributed by atoms with Crippen molar-refractivity contribution in [3.8, 4) is 11.5 Å². The zero-order valence-corrected chi connectivity index (χ0v) is 19.0. The van der Waals surface area contributed by atoms with Crippen LogP contribution in [0.15, 0.2) is 61.2 Å². The standard InChI is InChI=1S/C25H29ClN2O4/c1-3-14-32-23-10-4-19(17-24(23)30-2)5-11-25(29)27-18-22(28-12-15-31-16-13-28)20-6-8-21(26)9-7-20/h3-11,17,22H,1,12-16,18H2,2H3,(H,27,29)/b11-5+. The summed E-state index contributed by atoms with van der Waals surface area (Å²) in [6, 6.07) is 13.3. The van der Waals surface area contributed by atoms with Crippen LogP contribution in [-0.4, -0.2) is 57.4 Å². The molecule has 0 aromatic heterocycles. The quantitative estimate of drug-likeness (QED) is 0.430. The average molecular weight is 457 g/mol. The number of benzene rings is 2. The molecule has 2 aromatic carbocycles. The Kier molecular flexibility index (Phi) is 9.16. The first-order chi connectivity index (χ1) is 15.6. The molecule has 0 spiro atoms. The number of rotatable bonds is 10. The number of nitrogens with zero attached hydrogens (tertiary/aromatic N) is 1. The van der Waals surface area contributed by atoms with Gasteiger partial charge in [0.15, 0.2) is 11.5 Å². The fraction of sp³-hybridized carbons (Fsp3) is 0.320. The molecule has 1 saturated heterocycles. The largest absolute Gasteiger partial charge is 0.493 e. The third-order valence-corrected chi connectivity index (χ3v) is 5.43. The van der Waals surface area contributed by atoms with E-state index in [2.05, 4.69) is 16.8 Å². The molecule has 1 amide bonds. The molecule has 0 radical (unpaired) electrons. The van der Waals surface area contributed by atoms with E-state index < -0.39 is 0 Å². The number of methoxy groups -OCH3 is 1. The second-order valence-electron chi connectivity index (χ2n) is 7.30. The number of ether oxygens (including phenoxy) is 3. The van der Waals surface area contributed by atoms with Gasteiger partial charge in [0.05, 0.1) is 26.4 Å². The van der Waals surface area contributed by atoms with Gasteiger partial charge in [-0.2, -0.15) is 0 Å². The molecule has 0 aliphatic carbocycles. The van der Waals surface area contributed by atoms with Crippen molar-refractivity contribution in [2.24, 2.45) is 0 Å². The minimum absolute atomic E-state index is 0.0508. The molecule has 1 atom stereocenters. The zero-order chi connectivity index (χ0) is 22.8. The summed E-state index contributed by atoms with van der Waals surface area (Å²) in [5.74, 6) is 1.07. The van der Waals surface area contributed by atoms with Gasteiger partial charge in [-0.15, -0.1) is 0 Å². The fourth-order valence-corrected chi connectivity index (χ4v) is 3.64. The Bertz CT molecular complexity index is 924. The highest BCUT2D eigenvalue weighted by Crippen LogP contribution is 2.28. The Morgan fingerprint density at radius 1 is 1.22 bits per heavy atom. The van der Waals surface area contributed by atoms with Gasteiger partial charge >= 0.3 is 0 Å². The average Bonchev–Trinajstić information content (AvgIpc) is 2.83. The Hall–Kier alpha value is -2.80. The molecular weight excluding hydrogens is 428 g/mol. The van der Waals surface area contributed by atoms with E-state index in [1.165, 1.54) is 6.08 Å². The van der Waals surface area contributed by atoms with Crippen LogP contribution in [0.3, 0.4) is 0 Å². The molecule has 32 heavy (non-hydrogen) atoms. The first-order valence-corrected chi connectivity index (χ1v) is 10.9. The van der Waals surface area contributed by atoms with Crippen LogP contribution in [0.2, 0.25) is 5.02 Å². The fourth-order valence-electron chi connectivity index (χ4n) is 3.52. The summed E-state index contributed by atoms with van der Waals surface area (Å²) in [6.07, 6.45) is 4.95. The van der Waals surface area contributed by atoms with Gasteiger partial charge < -0.3 is 19.5 Å². The number of nitrogens with one attached hydrogen (secondary N) is 1. The summed E-state index contributed by atoms with van der Waals surface area (Å²) in [4.78, 5) is 14.8. The van der Waals surface area contributed by atoms with Crippen molar-refractivity contribution in [1.29, 1.82) is 0 Å². The van der Waals surface area contributed by atoms with Crippen molar-refractivity contribution in [3.63, 3.8) is 0 Å². The minimum Gasteiger partial charge on any atom is -0.493 e. The number of hydrogen-bond acceptors (Lipinski definition) is 5. The minimum atomic E-state index is -0.164. The van der Waals surface area contributed by atoms with E-state index >= 15 is 0 Å². The van der Waals surface area contributed by atoms with Gasteiger partial charge in [-0.05, 0) is 41.5 Å². The van der Waals surface area contributed by atoms with Crippen LogP contribution in [-0.2, 0) is 9.53 Å². The molecular formula is C25H29ClN2O4. The van der Waals surface area contributed by atoms with E-state index in [0.717, 1.165) is 24.2 Å². The SMILES string of the molecule is C=CCOc1ccc(/C=C/C(=O)NCC(c2ccc(Cl)cc2)N2CCOCC2)cc1OC. The molecule has 170 valence electrons. The maximum Gasteiger partial charge on any atom is 0.244 e. The van der Waals surface area contributed by atoms with Crippen molar-refractivity contribution in [3.05, 3.63) is 77.3 Å². The number of halogens is 1. The summed E-state index contributed by atoms with van der Waals surface area (Å²) >= 11 is 6.05. The summed E-state index contributed by atoms with van der Waals surface area (Å²) in [7, 11) is 1.58. The van der Waals surface area contributed by atoms with E-state index in [-0.39, 0.29) is 11.9 Å². The highest BCUT2D eigenvalue weighted by atomic mass is 35.5. The summed E-state index contributed by atoms with van der Waals surface area (Å²) in [5, 5.41) is 3.72. The molecule has 0 bridgehead atoms. The highest BCUT2D eigenvalue weighted by molar-refractivity contribution is 6.30. The Labute approximate surface area is 194 Å². The molecule has 6 nitrogen and oxygen atoms in total. The van der Waals surface area contributed by atoms with Crippen molar-refractivity contribution in [2.45, 2.75) is 6.04 Å². The number of morpholine rings is 1. The Morgan fingerprint density at radius 2 is 1.97 bits per heavy atom. The van der Waals surface area contributed by atoms with Gasteiger partial charge in [0.1, 0.15) is 6.61 Å². The van der Waals surface area contributed by atoms with E-state index in [1.807, 2.05) is 42.5 Å². The van der Waals surface area contributed by atoms with Gasteiger partial charge in [0.2, 0.25) is 5.91 Å². The summed E-state index contributed by atoms with van der Waals surface area (Å²) in [6.45, 7) is 7.54. The van der Waals surface area contributed by atoms with Crippen molar-refractivity contribution >= 4 is 23.6 Å². The van der Waals surface area contributed by atoms with Crippen molar-refractivity contribution in [2.75, 3.05) is 46.6 Å². The van der Waals surface area contributed by atoms with Crippen LogP contribution in [0.4, 0.5) is 0 Å². The number of carbonyl (C=O) groups excluding carboxylic acids is 1. The maximum absolute atomic E-state index is 12.5. The molecule has 7 heteroatoms. The van der Waals surface area contributed by atoms with Gasteiger partial charge in [0, 0.05) is 30.7 Å². The van der Waals surface area contributed by atoms with Crippen LogP contribution >= 0.6 is 11.6 Å². The Morgan fingerprint density at radius 3 is 2.66 bits per heavy atom. The molecule has 3 rings (SSSR count). The van der Waals surface area contributed by atoms with Gasteiger partial charge in [0.25, 0.3) is 0 Å². The highest BCUT2D eigenvalue weighted by Gasteiger charge is 2.23. The third kappa shape index (κ3) is 6.85. The summed E-state index contributed by atoms with van der Waals surface area (Å²) < 4.78 is 16.4. The van der Waals surface area contributed by atoms with E-state index in [9.17, 15) is 4.79 Å². The maximum atomic E-state index is 12.5. The molecule has 1 heterocycles. The van der Waals surface area contributed by atoms with Crippen LogP contribution < -0.4 is 14.8 Å². The molecule has 1 unspecified atom stereocenters. The molecule has 1 N–H and O–H groups in total. The first-order valence-electron chi connectivity index (χ1n) is 10.6. The van der Waals surface area contributed by atoms with E-state index in [4.69, 9.17) is 25.8 Å². The predicted molar refractivity (Wildman–Crippen MR) is 127 cm³/mol. The molecule has 1 fully saturated rings. The molecule has 2 aromatic rings. The lowest BCUT2D eigenvalue weighted by molar-refractivity contribution is -0.116. The summed E-state index contributed by atoms with van der Waals surface area (Å²) in [5.41, 5.74) is 1.95. The normalized spacial score (nSPS) is 15.3. The van der Waals surface area contributed by atoms with Gasteiger partial charge in [-0.25, -0.2) is 0 Å². The molecule has 0 saturated carbocycles. The van der Waals surface area contributed by atoms with E-state index in [1.54, 1.807) is 19.3 Å². The topological polar surface area (TPSA) is 60.0 Å². The van der Waals surface area contributed by atoms with Crippen LogP contribution in [0.25, 0.3) is 6.08 Å². The number of hydrogen-bond donors (Lipinski definition) is 1. The second kappa shape index (κ2) is 12.3. The second-order valence-corrected chi connectivity index (χ2v) is 7.74. The first kappa shape index (κ1) is 23.9. The van der Waals surface area contributed by atoms with Crippen molar-refractivity contribution in [1.82, 2.24) is 10.2 Å². The zero-order valence-electron chi connectivity index (χ0n) is 18.3. The lowest BCUT2D eigenvalue weighted by Gasteiger charge is -2.34. The smallest absolute Gasteiger partial charge is 0.244 e. The van der Waals surface area contributed by atoms with Gasteiger partial charge in [-0.3, -0.25) is 9.69 Å². The molecule has 1 aliphatic rings. The number of amides is 1. The van der Waals surface area contributed by atoms with Gasteiger partial charge in [-0.1, -0.05) is 42.5 Å². The van der Waals surface area contributed by atoms with Crippen LogP contribution in [0.1, 0.15) is 17.2 Å². The van der Waals surface area contributed by atoms with Crippen molar-refractivity contribution < 1.29 is 19.0 Å². The predicted octanol–water partition coefficient (Wildman–Crippen LogP) is 4.12. The number of carbonyl (C=O) groups is 1. The Balaban J connectivity index is 1.63. The lowest BCUT2D eigenvalue weighted by atomic mass is 10.0. The molecule has 1 aliphatic heterocycles. The van der Waals surface area contributed by atoms with E-state index in [0.29, 0.717) is 42.9 Å². The monoisotopic (exact) mass is 456 g/mol. The third-order valence-electron chi connectivity index (χ3n) is 5.18. The van der Waals surface area contributed by atoms with Crippen LogP contribution in [0.5, 0.6) is 11.5 Å². The lowest BCUT2D eigenvalue weighted by Crippen LogP contribution is -2.43. The van der Waals surface area contributed by atoms with Crippen LogP contribution in [0, 0.1) is 0 Å².